The maximum atomic E-state index is 14.4. The number of alkyl halides is 1. The standard InChI is InChI=1S/C24H24FN9O3S/c1-3-15-5-4-6-17(29-15)30-23(37)16-7-14(25)10-33(16)18(35)11-34-22-20(19(32-34)21(26)36)38-24(31-22)13-8-27-12(2)28-9-13/h4-6,8-9,14,16H,3,7,10-11H2,1-2H3,(H2,26,36)(H,29,30,37)/t14-,16+/m1/s1. The van der Waals surface area contributed by atoms with Crippen molar-refractivity contribution >= 4 is 45.2 Å². The van der Waals surface area contributed by atoms with Gasteiger partial charge in [0.1, 0.15) is 40.1 Å². The van der Waals surface area contributed by atoms with E-state index in [4.69, 9.17) is 5.73 Å². The summed E-state index contributed by atoms with van der Waals surface area (Å²) < 4.78 is 16.1. The lowest BCUT2D eigenvalue weighted by Crippen LogP contribution is -2.44. The third-order valence-electron chi connectivity index (χ3n) is 6.13. The summed E-state index contributed by atoms with van der Waals surface area (Å²) in [4.78, 5) is 56.8. The topological polar surface area (TPSA) is 162 Å². The monoisotopic (exact) mass is 537 g/mol. The maximum Gasteiger partial charge on any atom is 0.270 e. The molecule has 14 heteroatoms. The first-order valence-electron chi connectivity index (χ1n) is 11.9. The van der Waals surface area contributed by atoms with Gasteiger partial charge in [-0.1, -0.05) is 13.0 Å². The summed E-state index contributed by atoms with van der Waals surface area (Å²) in [6.45, 7) is 3.09. The number of amides is 3. The molecule has 196 valence electrons. The lowest BCUT2D eigenvalue weighted by Gasteiger charge is -2.23. The lowest BCUT2D eigenvalue weighted by atomic mass is 10.2. The molecule has 4 aromatic rings. The van der Waals surface area contributed by atoms with E-state index in [1.807, 2.05) is 13.0 Å². The highest BCUT2D eigenvalue weighted by atomic mass is 32.1. The van der Waals surface area contributed by atoms with E-state index in [2.05, 4.69) is 30.4 Å². The summed E-state index contributed by atoms with van der Waals surface area (Å²) in [5.74, 6) is -0.930. The normalized spacial score (nSPS) is 17.2. The highest BCUT2D eigenvalue weighted by Gasteiger charge is 2.40. The number of thiazole rings is 1. The Balaban J connectivity index is 1.40. The number of halogens is 1. The molecule has 3 amide bonds. The SMILES string of the molecule is CCc1cccc(NC(=O)[C@@H]2C[C@@H](F)CN2C(=O)Cn2nc(C(N)=O)c3sc(-c4cnc(C)nc4)nc32)n1. The van der Waals surface area contributed by atoms with Crippen LogP contribution in [0.15, 0.2) is 30.6 Å². The predicted molar refractivity (Wildman–Crippen MR) is 137 cm³/mol. The third-order valence-corrected chi connectivity index (χ3v) is 7.23. The van der Waals surface area contributed by atoms with Gasteiger partial charge in [-0.15, -0.1) is 11.3 Å². The molecule has 0 bridgehead atoms. The Labute approximate surface area is 220 Å². The Kier molecular flexibility index (Phi) is 6.80. The van der Waals surface area contributed by atoms with Crippen LogP contribution in [0.5, 0.6) is 0 Å². The number of pyridine rings is 1. The summed E-state index contributed by atoms with van der Waals surface area (Å²) in [6, 6.07) is 4.21. The highest BCUT2D eigenvalue weighted by molar-refractivity contribution is 7.22. The van der Waals surface area contributed by atoms with Crippen molar-refractivity contribution in [2.75, 3.05) is 11.9 Å². The van der Waals surface area contributed by atoms with Crippen LogP contribution in [0.4, 0.5) is 10.2 Å². The van der Waals surface area contributed by atoms with Crippen molar-refractivity contribution in [2.45, 2.75) is 45.4 Å². The Morgan fingerprint density at radius 3 is 2.68 bits per heavy atom. The predicted octanol–water partition coefficient (Wildman–Crippen LogP) is 1.89. The number of aromatic nitrogens is 6. The van der Waals surface area contributed by atoms with Crippen molar-refractivity contribution in [2.24, 2.45) is 5.73 Å². The number of likely N-dealkylation sites (tertiary alicyclic amines) is 1. The minimum absolute atomic E-state index is 0.0365. The van der Waals surface area contributed by atoms with E-state index in [0.717, 1.165) is 5.69 Å². The summed E-state index contributed by atoms with van der Waals surface area (Å²) in [6.07, 6.45) is 2.39. The van der Waals surface area contributed by atoms with E-state index in [0.29, 0.717) is 33.3 Å². The van der Waals surface area contributed by atoms with Crippen LogP contribution in [0.25, 0.3) is 20.9 Å². The van der Waals surface area contributed by atoms with Gasteiger partial charge in [0.15, 0.2) is 11.3 Å². The zero-order chi connectivity index (χ0) is 27.0. The third kappa shape index (κ3) is 4.94. The Morgan fingerprint density at radius 2 is 1.97 bits per heavy atom. The lowest BCUT2D eigenvalue weighted by molar-refractivity contribution is -0.137. The molecule has 0 unspecified atom stereocenters. The fourth-order valence-electron chi connectivity index (χ4n) is 4.24. The molecule has 0 radical (unpaired) electrons. The zero-order valence-corrected chi connectivity index (χ0v) is 21.4. The fourth-order valence-corrected chi connectivity index (χ4v) is 5.27. The van der Waals surface area contributed by atoms with Crippen LogP contribution < -0.4 is 11.1 Å². The molecule has 2 atom stereocenters. The minimum Gasteiger partial charge on any atom is -0.364 e. The second-order valence-electron chi connectivity index (χ2n) is 8.81. The van der Waals surface area contributed by atoms with Crippen molar-refractivity contribution in [3.63, 3.8) is 0 Å². The Hall–Kier alpha value is -4.33. The summed E-state index contributed by atoms with van der Waals surface area (Å²) in [5.41, 5.74) is 7.17. The molecule has 3 N–H and O–H groups in total. The minimum atomic E-state index is -1.36. The van der Waals surface area contributed by atoms with E-state index >= 15 is 0 Å². The number of hydrogen-bond donors (Lipinski definition) is 2. The average Bonchev–Trinajstić information content (AvgIpc) is 3.59. The van der Waals surface area contributed by atoms with Gasteiger partial charge in [0, 0.05) is 30.1 Å². The van der Waals surface area contributed by atoms with Crippen LogP contribution in [0.3, 0.4) is 0 Å². The number of aryl methyl sites for hydroxylation is 2. The van der Waals surface area contributed by atoms with E-state index < -0.39 is 29.9 Å². The molecule has 0 spiro atoms. The quantitative estimate of drug-likeness (QED) is 0.361. The molecule has 38 heavy (non-hydrogen) atoms. The molecule has 5 heterocycles. The molecule has 1 aliphatic heterocycles. The largest absolute Gasteiger partial charge is 0.364 e. The Morgan fingerprint density at radius 1 is 1.21 bits per heavy atom. The van der Waals surface area contributed by atoms with Crippen LogP contribution in [0.2, 0.25) is 0 Å². The molecule has 4 aromatic heterocycles. The molecule has 1 saturated heterocycles. The first kappa shape index (κ1) is 25.3. The van der Waals surface area contributed by atoms with Crippen molar-refractivity contribution in [3.8, 4) is 10.6 Å². The molecular formula is C24H24FN9O3S. The van der Waals surface area contributed by atoms with Gasteiger partial charge >= 0.3 is 0 Å². The number of hydrogen-bond acceptors (Lipinski definition) is 9. The van der Waals surface area contributed by atoms with Crippen LogP contribution in [-0.4, -0.2) is 71.1 Å². The second kappa shape index (κ2) is 10.2. The van der Waals surface area contributed by atoms with E-state index in [-0.39, 0.29) is 30.9 Å². The number of fused-ring (bicyclic) bond motifs is 1. The molecular weight excluding hydrogens is 513 g/mol. The number of carbonyl (C=O) groups is 3. The number of nitrogens with zero attached hydrogens (tertiary/aromatic N) is 7. The molecule has 0 aliphatic carbocycles. The molecule has 1 aliphatic rings. The number of nitrogens with two attached hydrogens (primary N) is 1. The molecule has 12 nitrogen and oxygen atoms in total. The van der Waals surface area contributed by atoms with Crippen molar-refractivity contribution < 1.29 is 18.8 Å². The molecule has 0 aromatic carbocycles. The number of primary amides is 1. The van der Waals surface area contributed by atoms with Gasteiger partial charge in [0.05, 0.1) is 6.54 Å². The smallest absolute Gasteiger partial charge is 0.270 e. The highest BCUT2D eigenvalue weighted by Crippen LogP contribution is 2.32. The summed E-state index contributed by atoms with van der Waals surface area (Å²) in [5, 5.41) is 7.40. The number of rotatable bonds is 7. The zero-order valence-electron chi connectivity index (χ0n) is 20.6. The van der Waals surface area contributed by atoms with Crippen molar-refractivity contribution in [1.82, 2.24) is 34.6 Å². The van der Waals surface area contributed by atoms with Crippen LogP contribution in [0.1, 0.15) is 35.4 Å². The number of anilines is 1. The van der Waals surface area contributed by atoms with Gasteiger partial charge in [-0.3, -0.25) is 14.4 Å². The molecule has 5 rings (SSSR count). The average molecular weight is 538 g/mol. The van der Waals surface area contributed by atoms with Gasteiger partial charge in [0.2, 0.25) is 11.8 Å². The van der Waals surface area contributed by atoms with E-state index in [9.17, 15) is 18.8 Å². The van der Waals surface area contributed by atoms with Gasteiger partial charge < -0.3 is 16.0 Å². The summed E-state index contributed by atoms with van der Waals surface area (Å²) >= 11 is 1.17. The first-order chi connectivity index (χ1) is 18.2. The maximum absolute atomic E-state index is 14.4. The first-order valence-corrected chi connectivity index (χ1v) is 12.7. The van der Waals surface area contributed by atoms with Crippen molar-refractivity contribution in [1.29, 1.82) is 0 Å². The second-order valence-corrected chi connectivity index (χ2v) is 9.81. The van der Waals surface area contributed by atoms with Crippen LogP contribution >= 0.6 is 11.3 Å². The van der Waals surface area contributed by atoms with Crippen LogP contribution in [0, 0.1) is 6.92 Å². The van der Waals surface area contributed by atoms with Gasteiger partial charge in [-0.2, -0.15) is 5.10 Å². The van der Waals surface area contributed by atoms with Gasteiger partial charge in [-0.25, -0.2) is 29.0 Å². The van der Waals surface area contributed by atoms with E-state index in [1.54, 1.807) is 31.5 Å². The fraction of sp³-hybridized carbons (Fsp3) is 0.333. The molecule has 0 saturated carbocycles. The van der Waals surface area contributed by atoms with Crippen molar-refractivity contribution in [3.05, 3.63) is 47.8 Å². The van der Waals surface area contributed by atoms with E-state index in [1.165, 1.54) is 20.9 Å². The van der Waals surface area contributed by atoms with Gasteiger partial charge in [0.25, 0.3) is 5.91 Å². The Bertz CT molecular complexity index is 1530. The van der Waals surface area contributed by atoms with Gasteiger partial charge in [-0.05, 0) is 25.5 Å². The molecule has 1 fully saturated rings. The summed E-state index contributed by atoms with van der Waals surface area (Å²) in [7, 11) is 0. The number of nitrogens with one attached hydrogen (secondary N) is 1. The van der Waals surface area contributed by atoms with Crippen LogP contribution in [-0.2, 0) is 22.6 Å². The number of carbonyl (C=O) groups excluding carboxylic acids is 3.